The second-order valence-electron chi connectivity index (χ2n) is 8.29. The average molecular weight is 447 g/mol. The van der Waals surface area contributed by atoms with Gasteiger partial charge in [0.15, 0.2) is 11.5 Å². The minimum Gasteiger partial charge on any atom is -0.468 e. The Bertz CT molecular complexity index is 1120. The molecule has 1 aliphatic heterocycles. The maximum Gasteiger partial charge on any atom is 0.251 e. The number of hydrogen-bond donors (Lipinski definition) is 2. The van der Waals surface area contributed by atoms with E-state index in [4.69, 9.17) is 13.9 Å². The van der Waals surface area contributed by atoms with Crippen molar-refractivity contribution in [2.75, 3.05) is 18.7 Å². The number of amides is 2. The Labute approximate surface area is 191 Å². The van der Waals surface area contributed by atoms with Gasteiger partial charge in [0.2, 0.25) is 12.7 Å². The Morgan fingerprint density at radius 2 is 1.79 bits per heavy atom. The van der Waals surface area contributed by atoms with Crippen molar-refractivity contribution >= 4 is 17.5 Å². The predicted molar refractivity (Wildman–Crippen MR) is 121 cm³/mol. The number of carbonyl (C=O) groups excluding carboxylic acids is 2. The van der Waals surface area contributed by atoms with E-state index in [0.29, 0.717) is 41.9 Å². The molecule has 0 atom stereocenters. The Morgan fingerprint density at radius 1 is 0.970 bits per heavy atom. The second kappa shape index (κ2) is 9.38. The number of nitrogens with zero attached hydrogens (tertiary/aromatic N) is 1. The maximum atomic E-state index is 12.8. The lowest BCUT2D eigenvalue weighted by atomic mass is 10.1. The van der Waals surface area contributed by atoms with Crippen molar-refractivity contribution in [2.45, 2.75) is 32.0 Å². The zero-order valence-electron chi connectivity index (χ0n) is 18.1. The summed E-state index contributed by atoms with van der Waals surface area (Å²) < 4.78 is 16.2. The highest BCUT2D eigenvalue weighted by molar-refractivity contribution is 5.94. The zero-order chi connectivity index (χ0) is 22.6. The van der Waals surface area contributed by atoms with Gasteiger partial charge in [-0.05, 0) is 54.8 Å². The third-order valence-electron chi connectivity index (χ3n) is 5.52. The number of hydrogen-bond acceptors (Lipinski definition) is 6. The first kappa shape index (κ1) is 21.1. The van der Waals surface area contributed by atoms with E-state index in [0.717, 1.165) is 24.2 Å². The topological polar surface area (TPSA) is 93.0 Å². The van der Waals surface area contributed by atoms with Crippen LogP contribution in [0.15, 0.2) is 65.3 Å². The van der Waals surface area contributed by atoms with E-state index in [1.165, 1.54) is 0 Å². The molecule has 5 rings (SSSR count). The molecule has 0 radical (unpaired) electrons. The van der Waals surface area contributed by atoms with Crippen LogP contribution in [0, 0.1) is 0 Å². The van der Waals surface area contributed by atoms with Gasteiger partial charge >= 0.3 is 0 Å². The summed E-state index contributed by atoms with van der Waals surface area (Å²) in [6, 6.07) is 16.8. The Morgan fingerprint density at radius 3 is 2.55 bits per heavy atom. The summed E-state index contributed by atoms with van der Waals surface area (Å²) in [6.07, 6.45) is 3.73. The quantitative estimate of drug-likeness (QED) is 0.521. The molecule has 1 aromatic heterocycles. The van der Waals surface area contributed by atoms with Crippen molar-refractivity contribution in [3.63, 3.8) is 0 Å². The fraction of sp³-hybridized carbons (Fsp3) is 0.280. The highest BCUT2D eigenvalue weighted by Crippen LogP contribution is 2.34. The van der Waals surface area contributed by atoms with Crippen LogP contribution in [0.3, 0.4) is 0 Å². The molecule has 2 heterocycles. The number of furan rings is 1. The molecule has 170 valence electrons. The fourth-order valence-electron chi connectivity index (χ4n) is 3.68. The second-order valence-corrected chi connectivity index (χ2v) is 8.29. The molecular weight excluding hydrogens is 422 g/mol. The molecule has 1 aliphatic carbocycles. The molecule has 1 saturated carbocycles. The van der Waals surface area contributed by atoms with E-state index in [2.05, 4.69) is 10.6 Å². The minimum absolute atomic E-state index is 0.0420. The molecule has 8 heteroatoms. The van der Waals surface area contributed by atoms with Crippen molar-refractivity contribution in [3.05, 3.63) is 77.7 Å². The molecule has 2 aliphatic rings. The van der Waals surface area contributed by atoms with Crippen LogP contribution in [-0.4, -0.2) is 36.1 Å². The van der Waals surface area contributed by atoms with Gasteiger partial charge in [0, 0.05) is 29.9 Å². The van der Waals surface area contributed by atoms with Crippen LogP contribution in [-0.2, 0) is 17.9 Å². The first-order valence-corrected chi connectivity index (χ1v) is 11.0. The number of rotatable bonds is 9. The molecular formula is C25H25N3O5. The number of fused-ring (bicyclic) bond motifs is 1. The summed E-state index contributed by atoms with van der Waals surface area (Å²) in [5.41, 5.74) is 2.29. The van der Waals surface area contributed by atoms with Crippen LogP contribution in [0.2, 0.25) is 0 Å². The Kier molecular flexibility index (Phi) is 5.99. The van der Waals surface area contributed by atoms with Crippen LogP contribution in [0.1, 0.15) is 34.5 Å². The van der Waals surface area contributed by atoms with Gasteiger partial charge in [-0.15, -0.1) is 0 Å². The van der Waals surface area contributed by atoms with Gasteiger partial charge in [0.25, 0.3) is 5.91 Å². The van der Waals surface area contributed by atoms with E-state index in [-0.39, 0.29) is 25.2 Å². The normalized spacial score (nSPS) is 14.3. The third kappa shape index (κ3) is 5.53. The van der Waals surface area contributed by atoms with Crippen LogP contribution < -0.4 is 20.1 Å². The van der Waals surface area contributed by atoms with Gasteiger partial charge in [-0.1, -0.05) is 12.1 Å². The molecule has 8 nitrogen and oxygen atoms in total. The van der Waals surface area contributed by atoms with Crippen molar-refractivity contribution in [1.29, 1.82) is 0 Å². The molecule has 0 bridgehead atoms. The lowest BCUT2D eigenvalue weighted by molar-refractivity contribution is -0.117. The van der Waals surface area contributed by atoms with Crippen LogP contribution in [0.25, 0.3) is 0 Å². The van der Waals surface area contributed by atoms with Gasteiger partial charge in [-0.3, -0.25) is 14.5 Å². The van der Waals surface area contributed by atoms with Gasteiger partial charge in [0.05, 0.1) is 19.4 Å². The predicted octanol–water partition coefficient (Wildman–Crippen LogP) is 3.54. The van der Waals surface area contributed by atoms with Gasteiger partial charge in [-0.25, -0.2) is 0 Å². The van der Waals surface area contributed by atoms with E-state index >= 15 is 0 Å². The highest BCUT2D eigenvalue weighted by Gasteiger charge is 2.23. The molecule has 0 saturated heterocycles. The first-order chi connectivity index (χ1) is 16.1. The van der Waals surface area contributed by atoms with Crippen molar-refractivity contribution in [2.24, 2.45) is 0 Å². The van der Waals surface area contributed by atoms with Crippen LogP contribution >= 0.6 is 0 Å². The van der Waals surface area contributed by atoms with Crippen molar-refractivity contribution in [1.82, 2.24) is 10.2 Å². The van der Waals surface area contributed by atoms with E-state index in [1.54, 1.807) is 24.5 Å². The van der Waals surface area contributed by atoms with Crippen LogP contribution in [0.5, 0.6) is 11.5 Å². The average Bonchev–Trinajstić information content (AvgIpc) is 3.26. The molecule has 2 N–H and O–H groups in total. The largest absolute Gasteiger partial charge is 0.468 e. The Balaban J connectivity index is 1.23. The third-order valence-corrected chi connectivity index (χ3v) is 5.52. The van der Waals surface area contributed by atoms with Crippen molar-refractivity contribution < 1.29 is 23.5 Å². The summed E-state index contributed by atoms with van der Waals surface area (Å²) in [4.78, 5) is 27.0. The highest BCUT2D eigenvalue weighted by atomic mass is 16.7. The minimum atomic E-state index is -0.152. The lowest BCUT2D eigenvalue weighted by Crippen LogP contribution is -2.32. The summed E-state index contributed by atoms with van der Waals surface area (Å²) in [6.45, 7) is 1.36. The van der Waals surface area contributed by atoms with Gasteiger partial charge < -0.3 is 24.5 Å². The summed E-state index contributed by atoms with van der Waals surface area (Å²) in [5.74, 6) is 1.86. The fourth-order valence-corrected chi connectivity index (χ4v) is 3.68. The molecule has 1 fully saturated rings. The standard InChI is InChI=1S/C25H25N3O5/c29-24(26-20-9-10-22-23(12-20)33-16-32-22)15-28(14-21-2-1-11-31-21)13-17-3-5-18(6-4-17)25(30)27-19-7-8-19/h1-6,9-12,19H,7-8,13-16H2,(H,26,29)(H,27,30). The zero-order valence-corrected chi connectivity index (χ0v) is 18.1. The maximum absolute atomic E-state index is 12.8. The lowest BCUT2D eigenvalue weighted by Gasteiger charge is -2.21. The summed E-state index contributed by atoms with van der Waals surface area (Å²) in [7, 11) is 0. The van der Waals surface area contributed by atoms with E-state index in [9.17, 15) is 9.59 Å². The Hall–Kier alpha value is -3.78. The summed E-state index contributed by atoms with van der Waals surface area (Å²) >= 11 is 0. The number of carbonyl (C=O) groups is 2. The number of nitrogens with one attached hydrogen (secondary N) is 2. The first-order valence-electron chi connectivity index (χ1n) is 11.0. The molecule has 2 aromatic carbocycles. The number of benzene rings is 2. The number of ether oxygens (including phenoxy) is 2. The molecule has 3 aromatic rings. The molecule has 33 heavy (non-hydrogen) atoms. The molecule has 2 amide bonds. The van der Waals surface area contributed by atoms with E-state index < -0.39 is 0 Å². The van der Waals surface area contributed by atoms with Gasteiger partial charge in [-0.2, -0.15) is 0 Å². The van der Waals surface area contributed by atoms with Gasteiger partial charge in [0.1, 0.15) is 5.76 Å². The van der Waals surface area contributed by atoms with E-state index in [1.807, 2.05) is 41.3 Å². The molecule has 0 spiro atoms. The SMILES string of the molecule is O=C(CN(Cc1ccc(C(=O)NC2CC2)cc1)Cc1ccco1)Nc1ccc2c(c1)OCO2. The van der Waals surface area contributed by atoms with Crippen LogP contribution in [0.4, 0.5) is 5.69 Å². The molecule has 0 unspecified atom stereocenters. The number of anilines is 1. The smallest absolute Gasteiger partial charge is 0.251 e. The van der Waals surface area contributed by atoms with Crippen molar-refractivity contribution in [3.8, 4) is 11.5 Å². The summed E-state index contributed by atoms with van der Waals surface area (Å²) in [5, 5.41) is 5.91. The monoisotopic (exact) mass is 447 g/mol.